The highest BCUT2D eigenvalue weighted by atomic mass is 16.5. The van der Waals surface area contributed by atoms with Gasteiger partial charge in [-0.15, -0.1) is 0 Å². The van der Waals surface area contributed by atoms with Crippen molar-refractivity contribution in [2.75, 3.05) is 7.11 Å². The summed E-state index contributed by atoms with van der Waals surface area (Å²) in [6.07, 6.45) is 6.06. The van der Waals surface area contributed by atoms with Gasteiger partial charge < -0.3 is 4.74 Å². The SMILES string of the molecule is C=C(C)/C=C([B]CC(=O)OC)\C=C/C. The van der Waals surface area contributed by atoms with Crippen molar-refractivity contribution in [2.45, 2.75) is 20.2 Å². The summed E-state index contributed by atoms with van der Waals surface area (Å²) in [6, 6.07) is 0. The molecule has 0 bridgehead atoms. The first-order valence-electron chi connectivity index (χ1n) is 4.50. The average molecular weight is 191 g/mol. The number of esters is 1. The highest BCUT2D eigenvalue weighted by Gasteiger charge is 2.03. The van der Waals surface area contributed by atoms with Gasteiger partial charge in [-0.1, -0.05) is 35.9 Å². The maximum absolute atomic E-state index is 10.9. The van der Waals surface area contributed by atoms with Crippen molar-refractivity contribution in [3.63, 3.8) is 0 Å². The molecule has 0 aromatic heterocycles. The Morgan fingerprint density at radius 1 is 1.57 bits per heavy atom. The molecule has 14 heavy (non-hydrogen) atoms. The van der Waals surface area contributed by atoms with E-state index >= 15 is 0 Å². The largest absolute Gasteiger partial charge is 0.470 e. The molecule has 0 spiro atoms. The molecule has 0 amide bonds. The van der Waals surface area contributed by atoms with E-state index in [0.29, 0.717) is 6.32 Å². The lowest BCUT2D eigenvalue weighted by molar-refractivity contribution is -0.137. The van der Waals surface area contributed by atoms with Crippen LogP contribution in [0.4, 0.5) is 0 Å². The Hall–Kier alpha value is -1.25. The molecule has 0 atom stereocenters. The Labute approximate surface area is 86.6 Å². The van der Waals surface area contributed by atoms with Gasteiger partial charge in [0.05, 0.1) is 7.11 Å². The predicted octanol–water partition coefficient (Wildman–Crippen LogP) is 2.32. The molecule has 2 nitrogen and oxygen atoms in total. The number of hydrogen-bond acceptors (Lipinski definition) is 2. The van der Waals surface area contributed by atoms with Crippen LogP contribution in [0.5, 0.6) is 0 Å². The van der Waals surface area contributed by atoms with E-state index in [0.717, 1.165) is 11.0 Å². The van der Waals surface area contributed by atoms with Crippen LogP contribution in [0.2, 0.25) is 6.32 Å². The molecule has 1 radical (unpaired) electrons. The molecule has 0 saturated heterocycles. The van der Waals surface area contributed by atoms with Crippen LogP contribution < -0.4 is 0 Å². The molecule has 0 aromatic carbocycles. The van der Waals surface area contributed by atoms with Crippen LogP contribution in [0.15, 0.2) is 35.9 Å². The third-order valence-corrected chi connectivity index (χ3v) is 1.50. The summed E-state index contributed by atoms with van der Waals surface area (Å²) in [4.78, 5) is 10.9. The summed E-state index contributed by atoms with van der Waals surface area (Å²) < 4.78 is 4.54. The van der Waals surface area contributed by atoms with E-state index < -0.39 is 0 Å². The Morgan fingerprint density at radius 2 is 2.21 bits per heavy atom. The van der Waals surface area contributed by atoms with E-state index in [2.05, 4.69) is 11.3 Å². The van der Waals surface area contributed by atoms with Crippen LogP contribution in [-0.2, 0) is 9.53 Å². The van der Waals surface area contributed by atoms with Gasteiger partial charge in [0.1, 0.15) is 0 Å². The van der Waals surface area contributed by atoms with Gasteiger partial charge in [0.15, 0.2) is 7.28 Å². The topological polar surface area (TPSA) is 26.3 Å². The summed E-state index contributed by atoms with van der Waals surface area (Å²) in [6.45, 7) is 7.62. The molecule has 0 aliphatic rings. The maximum atomic E-state index is 10.9. The Kier molecular flexibility index (Phi) is 6.55. The van der Waals surface area contributed by atoms with Gasteiger partial charge in [-0.3, -0.25) is 4.79 Å². The van der Waals surface area contributed by atoms with E-state index in [1.807, 2.05) is 39.4 Å². The number of ether oxygens (including phenoxy) is 1. The average Bonchev–Trinajstić information content (AvgIpc) is 2.13. The van der Waals surface area contributed by atoms with Crippen LogP contribution in [-0.4, -0.2) is 20.4 Å². The van der Waals surface area contributed by atoms with E-state index in [1.54, 1.807) is 0 Å². The zero-order valence-corrected chi connectivity index (χ0v) is 9.04. The van der Waals surface area contributed by atoms with Crippen molar-refractivity contribution in [3.05, 3.63) is 35.9 Å². The fourth-order valence-corrected chi connectivity index (χ4v) is 0.937. The van der Waals surface area contributed by atoms with Crippen LogP contribution in [0.25, 0.3) is 0 Å². The van der Waals surface area contributed by atoms with E-state index in [4.69, 9.17) is 0 Å². The maximum Gasteiger partial charge on any atom is 0.297 e. The summed E-state index contributed by atoms with van der Waals surface area (Å²) in [5, 5.41) is 0. The van der Waals surface area contributed by atoms with Crippen LogP contribution in [0, 0.1) is 0 Å². The van der Waals surface area contributed by atoms with Crippen LogP contribution in [0.3, 0.4) is 0 Å². The highest BCUT2D eigenvalue weighted by molar-refractivity contribution is 6.50. The van der Waals surface area contributed by atoms with Crippen LogP contribution >= 0.6 is 0 Å². The monoisotopic (exact) mass is 191 g/mol. The first-order chi connectivity index (χ1) is 6.60. The number of rotatable bonds is 5. The highest BCUT2D eigenvalue weighted by Crippen LogP contribution is 2.03. The van der Waals surface area contributed by atoms with Gasteiger partial charge in [0.2, 0.25) is 0 Å². The molecule has 0 aliphatic carbocycles. The summed E-state index contributed by atoms with van der Waals surface area (Å²) in [7, 11) is 3.20. The summed E-state index contributed by atoms with van der Waals surface area (Å²) in [5.74, 6) is -0.234. The zero-order chi connectivity index (χ0) is 11.0. The molecule has 0 aliphatic heterocycles. The first kappa shape index (κ1) is 12.8. The van der Waals surface area contributed by atoms with Gasteiger partial charge in [0, 0.05) is 6.32 Å². The van der Waals surface area contributed by atoms with Crippen molar-refractivity contribution >= 4 is 13.2 Å². The third kappa shape index (κ3) is 6.29. The molecule has 3 heteroatoms. The van der Waals surface area contributed by atoms with Crippen LogP contribution in [0.1, 0.15) is 13.8 Å². The van der Waals surface area contributed by atoms with Gasteiger partial charge in [0.25, 0.3) is 5.97 Å². The molecular formula is C11H16BO2. The number of carbonyl (C=O) groups is 1. The molecular weight excluding hydrogens is 175 g/mol. The van der Waals surface area contributed by atoms with Crippen molar-refractivity contribution in [2.24, 2.45) is 0 Å². The molecule has 0 unspecified atom stereocenters. The Morgan fingerprint density at radius 3 is 2.64 bits per heavy atom. The molecule has 75 valence electrons. The standard InChI is InChI=1S/C11H16BO2/c1-5-6-10(7-9(2)3)12-8-11(13)14-4/h5-7H,2,8H2,1,3-4H3/b6-5-,10-7+. The second-order valence-corrected chi connectivity index (χ2v) is 2.98. The molecule has 0 saturated carbocycles. The lowest BCUT2D eigenvalue weighted by Gasteiger charge is -2.00. The normalized spacial score (nSPS) is 11.5. The Bertz CT molecular complexity index is 264. The predicted molar refractivity (Wildman–Crippen MR) is 60.3 cm³/mol. The quantitative estimate of drug-likeness (QED) is 0.378. The van der Waals surface area contributed by atoms with Crippen molar-refractivity contribution in [1.29, 1.82) is 0 Å². The minimum absolute atomic E-state index is 0.234. The summed E-state index contributed by atoms with van der Waals surface area (Å²) >= 11 is 0. The number of carbonyl (C=O) groups excluding carboxylic acids is 1. The first-order valence-corrected chi connectivity index (χ1v) is 4.50. The molecule has 0 fully saturated rings. The van der Waals surface area contributed by atoms with E-state index in [1.165, 1.54) is 7.11 Å². The second kappa shape index (κ2) is 7.19. The van der Waals surface area contributed by atoms with Gasteiger partial charge in [-0.05, 0) is 13.8 Å². The smallest absolute Gasteiger partial charge is 0.297 e. The minimum atomic E-state index is -0.234. The third-order valence-electron chi connectivity index (χ3n) is 1.50. The molecule has 0 N–H and O–H groups in total. The second-order valence-electron chi connectivity index (χ2n) is 2.98. The van der Waals surface area contributed by atoms with Gasteiger partial charge in [-0.2, -0.15) is 0 Å². The molecule has 0 aromatic rings. The zero-order valence-electron chi connectivity index (χ0n) is 9.04. The number of allylic oxidation sites excluding steroid dienone is 5. The van der Waals surface area contributed by atoms with E-state index in [9.17, 15) is 4.79 Å². The fourth-order valence-electron chi connectivity index (χ4n) is 0.937. The van der Waals surface area contributed by atoms with Crippen molar-refractivity contribution in [1.82, 2.24) is 0 Å². The van der Waals surface area contributed by atoms with Gasteiger partial charge >= 0.3 is 0 Å². The lowest BCUT2D eigenvalue weighted by Crippen LogP contribution is -2.05. The Balaban J connectivity index is 4.25. The fraction of sp³-hybridized carbons (Fsp3) is 0.364. The van der Waals surface area contributed by atoms with Crippen molar-refractivity contribution < 1.29 is 9.53 Å². The number of methoxy groups -OCH3 is 1. The van der Waals surface area contributed by atoms with E-state index in [-0.39, 0.29) is 5.97 Å². The molecule has 0 rings (SSSR count). The molecule has 0 heterocycles. The minimum Gasteiger partial charge on any atom is -0.470 e. The lowest BCUT2D eigenvalue weighted by atomic mass is 9.66. The van der Waals surface area contributed by atoms with Crippen molar-refractivity contribution in [3.8, 4) is 0 Å². The van der Waals surface area contributed by atoms with Gasteiger partial charge in [-0.25, -0.2) is 0 Å². The number of hydrogen-bond donors (Lipinski definition) is 0. The summed E-state index contributed by atoms with van der Waals surface area (Å²) in [5.41, 5.74) is 1.93.